The third kappa shape index (κ3) is 2.84. The molecule has 0 atom stereocenters. The predicted molar refractivity (Wildman–Crippen MR) is 73.2 cm³/mol. The lowest BCUT2D eigenvalue weighted by Crippen LogP contribution is -1.99. The Morgan fingerprint density at radius 2 is 1.72 bits per heavy atom. The highest BCUT2D eigenvalue weighted by Gasteiger charge is 2.07. The predicted octanol–water partition coefficient (Wildman–Crippen LogP) is 4.29. The van der Waals surface area contributed by atoms with E-state index in [1.165, 1.54) is 0 Å². The van der Waals surface area contributed by atoms with Crippen molar-refractivity contribution in [1.82, 2.24) is 0 Å². The number of rotatable bonds is 3. The van der Waals surface area contributed by atoms with Crippen molar-refractivity contribution in [2.24, 2.45) is 0 Å². The SMILES string of the molecule is O=C(O)Cc1ccc(-c2cccc(Cl)c2Cl)cc1. The van der Waals surface area contributed by atoms with Crippen LogP contribution in [0.5, 0.6) is 0 Å². The molecule has 2 aromatic carbocycles. The monoisotopic (exact) mass is 280 g/mol. The summed E-state index contributed by atoms with van der Waals surface area (Å²) in [5.74, 6) is -0.844. The number of hydrogen-bond acceptors (Lipinski definition) is 1. The first-order chi connectivity index (χ1) is 8.58. The van der Waals surface area contributed by atoms with E-state index in [0.29, 0.717) is 10.0 Å². The van der Waals surface area contributed by atoms with Crippen LogP contribution in [-0.2, 0) is 11.2 Å². The summed E-state index contributed by atoms with van der Waals surface area (Å²) >= 11 is 12.1. The summed E-state index contributed by atoms with van der Waals surface area (Å²) in [6, 6.07) is 12.7. The molecule has 2 aromatic rings. The van der Waals surface area contributed by atoms with Gasteiger partial charge in [0.2, 0.25) is 0 Å². The fourth-order valence-electron chi connectivity index (χ4n) is 1.70. The van der Waals surface area contributed by atoms with E-state index in [1.54, 1.807) is 18.2 Å². The van der Waals surface area contributed by atoms with Crippen LogP contribution in [0.1, 0.15) is 5.56 Å². The van der Waals surface area contributed by atoms with E-state index in [9.17, 15) is 4.79 Å². The first-order valence-corrected chi connectivity index (χ1v) is 6.08. The molecule has 0 saturated heterocycles. The van der Waals surface area contributed by atoms with E-state index >= 15 is 0 Å². The van der Waals surface area contributed by atoms with E-state index in [2.05, 4.69) is 0 Å². The molecule has 0 heterocycles. The van der Waals surface area contributed by atoms with Crippen molar-refractivity contribution in [2.45, 2.75) is 6.42 Å². The maximum Gasteiger partial charge on any atom is 0.307 e. The zero-order valence-electron chi connectivity index (χ0n) is 9.36. The second-order valence-corrected chi connectivity index (χ2v) is 4.65. The average molecular weight is 281 g/mol. The maximum atomic E-state index is 10.6. The molecule has 0 aliphatic carbocycles. The lowest BCUT2D eigenvalue weighted by Gasteiger charge is -2.06. The van der Waals surface area contributed by atoms with Crippen LogP contribution in [0.4, 0.5) is 0 Å². The molecule has 0 aliphatic rings. The van der Waals surface area contributed by atoms with Crippen LogP contribution >= 0.6 is 23.2 Å². The molecule has 0 aromatic heterocycles. The lowest BCUT2D eigenvalue weighted by molar-refractivity contribution is -0.136. The molecular formula is C14H10Cl2O2. The molecule has 0 amide bonds. The number of benzene rings is 2. The van der Waals surface area contributed by atoms with E-state index in [-0.39, 0.29) is 6.42 Å². The van der Waals surface area contributed by atoms with E-state index in [0.717, 1.165) is 16.7 Å². The second-order valence-electron chi connectivity index (χ2n) is 3.87. The van der Waals surface area contributed by atoms with Crippen molar-refractivity contribution in [3.05, 3.63) is 58.1 Å². The first kappa shape index (κ1) is 12.9. The van der Waals surface area contributed by atoms with Crippen LogP contribution in [-0.4, -0.2) is 11.1 Å². The fraction of sp³-hybridized carbons (Fsp3) is 0.0714. The first-order valence-electron chi connectivity index (χ1n) is 5.33. The molecule has 92 valence electrons. The van der Waals surface area contributed by atoms with Gasteiger partial charge in [0.05, 0.1) is 16.5 Å². The van der Waals surface area contributed by atoms with Crippen molar-refractivity contribution >= 4 is 29.2 Å². The minimum atomic E-state index is -0.844. The molecule has 4 heteroatoms. The molecule has 2 nitrogen and oxygen atoms in total. The minimum absolute atomic E-state index is 0.0174. The summed E-state index contributed by atoms with van der Waals surface area (Å²) in [6.45, 7) is 0. The molecule has 1 N–H and O–H groups in total. The highest BCUT2D eigenvalue weighted by Crippen LogP contribution is 2.33. The van der Waals surface area contributed by atoms with Crippen LogP contribution in [0.3, 0.4) is 0 Å². The zero-order valence-corrected chi connectivity index (χ0v) is 10.9. The summed E-state index contributed by atoms with van der Waals surface area (Å²) in [5.41, 5.74) is 2.51. The zero-order chi connectivity index (χ0) is 13.1. The summed E-state index contributed by atoms with van der Waals surface area (Å²) in [6.07, 6.45) is 0.0174. The van der Waals surface area contributed by atoms with Gasteiger partial charge in [0.15, 0.2) is 0 Å². The highest BCUT2D eigenvalue weighted by atomic mass is 35.5. The number of carboxylic acid groups (broad SMARTS) is 1. The van der Waals surface area contributed by atoms with Gasteiger partial charge in [-0.25, -0.2) is 0 Å². The Morgan fingerprint density at radius 3 is 2.33 bits per heavy atom. The number of aliphatic carboxylic acids is 1. The normalized spacial score (nSPS) is 10.3. The smallest absolute Gasteiger partial charge is 0.307 e. The highest BCUT2D eigenvalue weighted by molar-refractivity contribution is 6.43. The van der Waals surface area contributed by atoms with Crippen LogP contribution in [0.2, 0.25) is 10.0 Å². The maximum absolute atomic E-state index is 10.6. The second kappa shape index (κ2) is 5.42. The average Bonchev–Trinajstić information content (AvgIpc) is 2.33. The van der Waals surface area contributed by atoms with Gasteiger partial charge < -0.3 is 5.11 Å². The Morgan fingerprint density at radius 1 is 1.06 bits per heavy atom. The van der Waals surface area contributed by atoms with Crippen molar-refractivity contribution in [1.29, 1.82) is 0 Å². The van der Waals surface area contributed by atoms with Gasteiger partial charge in [-0.2, -0.15) is 0 Å². The van der Waals surface area contributed by atoms with Gasteiger partial charge in [0, 0.05) is 5.56 Å². The quantitative estimate of drug-likeness (QED) is 0.911. The Balaban J connectivity index is 2.34. The van der Waals surface area contributed by atoms with Crippen molar-refractivity contribution < 1.29 is 9.90 Å². The molecule has 0 unspecified atom stereocenters. The third-order valence-electron chi connectivity index (χ3n) is 2.57. The van der Waals surface area contributed by atoms with E-state index < -0.39 is 5.97 Å². The Hall–Kier alpha value is -1.51. The van der Waals surface area contributed by atoms with Gasteiger partial charge >= 0.3 is 5.97 Å². The molecule has 18 heavy (non-hydrogen) atoms. The standard InChI is InChI=1S/C14H10Cl2O2/c15-12-3-1-2-11(14(12)16)10-6-4-9(5-7-10)8-13(17)18/h1-7H,8H2,(H,17,18). The topological polar surface area (TPSA) is 37.3 Å². The molecule has 0 spiro atoms. The Kier molecular flexibility index (Phi) is 3.90. The molecule has 0 saturated carbocycles. The molecule has 2 rings (SSSR count). The third-order valence-corrected chi connectivity index (χ3v) is 3.39. The molecule has 0 fully saturated rings. The van der Waals surface area contributed by atoms with Gasteiger partial charge in [-0.05, 0) is 17.2 Å². The number of carboxylic acids is 1. The Labute approximate surface area is 115 Å². The molecule has 0 bridgehead atoms. The fourth-order valence-corrected chi connectivity index (χ4v) is 2.11. The van der Waals surface area contributed by atoms with Crippen LogP contribution in [0.25, 0.3) is 11.1 Å². The van der Waals surface area contributed by atoms with Crippen molar-refractivity contribution in [2.75, 3.05) is 0 Å². The van der Waals surface area contributed by atoms with Crippen LogP contribution in [0.15, 0.2) is 42.5 Å². The van der Waals surface area contributed by atoms with Gasteiger partial charge in [-0.3, -0.25) is 4.79 Å². The summed E-state index contributed by atoms with van der Waals surface area (Å²) < 4.78 is 0. The van der Waals surface area contributed by atoms with Gasteiger partial charge in [0.25, 0.3) is 0 Å². The largest absolute Gasteiger partial charge is 0.481 e. The number of carbonyl (C=O) groups is 1. The molecule has 0 aliphatic heterocycles. The van der Waals surface area contributed by atoms with Gasteiger partial charge in [-0.1, -0.05) is 59.6 Å². The summed E-state index contributed by atoms with van der Waals surface area (Å²) in [7, 11) is 0. The van der Waals surface area contributed by atoms with E-state index in [1.807, 2.05) is 24.3 Å². The minimum Gasteiger partial charge on any atom is -0.481 e. The Bertz CT molecular complexity index is 577. The van der Waals surface area contributed by atoms with Crippen molar-refractivity contribution in [3.63, 3.8) is 0 Å². The van der Waals surface area contributed by atoms with Crippen molar-refractivity contribution in [3.8, 4) is 11.1 Å². The van der Waals surface area contributed by atoms with Gasteiger partial charge in [-0.15, -0.1) is 0 Å². The van der Waals surface area contributed by atoms with E-state index in [4.69, 9.17) is 28.3 Å². The van der Waals surface area contributed by atoms with Crippen LogP contribution < -0.4 is 0 Å². The van der Waals surface area contributed by atoms with Crippen LogP contribution in [0, 0.1) is 0 Å². The molecule has 0 radical (unpaired) electrons. The summed E-state index contributed by atoms with van der Waals surface area (Å²) in [4.78, 5) is 10.6. The van der Waals surface area contributed by atoms with Gasteiger partial charge in [0.1, 0.15) is 0 Å². The summed E-state index contributed by atoms with van der Waals surface area (Å²) in [5, 5.41) is 9.70. The molecular weight excluding hydrogens is 271 g/mol. The number of hydrogen-bond donors (Lipinski definition) is 1. The lowest BCUT2D eigenvalue weighted by atomic mass is 10.0. The number of halogens is 2.